The second kappa shape index (κ2) is 13.4. The van der Waals surface area contributed by atoms with Gasteiger partial charge in [0.2, 0.25) is 0 Å². The molecule has 0 saturated carbocycles. The molecule has 0 spiro atoms. The zero-order valence-corrected chi connectivity index (χ0v) is 18.8. The minimum atomic E-state index is 0.138. The Hall–Kier alpha value is -0.810. The normalized spacial score (nSPS) is 11.5. The van der Waals surface area contributed by atoms with Gasteiger partial charge in [-0.2, -0.15) is 0 Å². The molecule has 27 heavy (non-hydrogen) atoms. The fourth-order valence-corrected chi connectivity index (χ4v) is 2.53. The number of hydrogen-bond donors (Lipinski definition) is 0. The number of unbranched alkanes of at least 4 members (excludes halogenated alkanes) is 2. The average molecular weight is 457 g/mol. The fraction of sp³-hybridized carbons (Fsp3) is 0.526. The SMILES string of the molecule is C/C(=N\OCCCCCOc1c(Cl)cc(OCC=C(Cl)Cl)cc1Cl)C(C)C. The van der Waals surface area contributed by atoms with Crippen LogP contribution in [-0.4, -0.2) is 25.5 Å². The van der Waals surface area contributed by atoms with Crippen LogP contribution < -0.4 is 9.47 Å². The van der Waals surface area contributed by atoms with E-state index in [1.165, 1.54) is 6.08 Å². The first-order valence-corrected chi connectivity index (χ1v) is 10.2. The van der Waals surface area contributed by atoms with Crippen molar-refractivity contribution in [3.63, 3.8) is 0 Å². The molecule has 4 nitrogen and oxygen atoms in total. The summed E-state index contributed by atoms with van der Waals surface area (Å²) in [5, 5.41) is 4.85. The maximum atomic E-state index is 6.22. The molecule has 0 aromatic heterocycles. The Kier molecular flexibility index (Phi) is 12.0. The van der Waals surface area contributed by atoms with Crippen molar-refractivity contribution in [2.75, 3.05) is 19.8 Å². The van der Waals surface area contributed by atoms with Gasteiger partial charge < -0.3 is 14.3 Å². The first-order valence-electron chi connectivity index (χ1n) is 8.73. The Bertz CT molecular complexity index is 621. The summed E-state index contributed by atoms with van der Waals surface area (Å²) in [6.45, 7) is 7.46. The molecule has 0 atom stereocenters. The fourth-order valence-electron chi connectivity index (χ4n) is 1.83. The number of benzene rings is 1. The molecule has 0 bridgehead atoms. The molecular formula is C19H25Cl4NO3. The summed E-state index contributed by atoms with van der Waals surface area (Å²) in [6.07, 6.45) is 4.25. The van der Waals surface area contributed by atoms with Crippen LogP contribution >= 0.6 is 46.4 Å². The van der Waals surface area contributed by atoms with Gasteiger partial charge in [0.25, 0.3) is 0 Å². The van der Waals surface area contributed by atoms with Crippen molar-refractivity contribution in [1.29, 1.82) is 0 Å². The third-order valence-corrected chi connectivity index (χ3v) is 4.50. The van der Waals surface area contributed by atoms with Gasteiger partial charge in [0, 0.05) is 12.1 Å². The minimum absolute atomic E-state index is 0.138. The van der Waals surface area contributed by atoms with E-state index in [-0.39, 0.29) is 11.1 Å². The number of ether oxygens (including phenoxy) is 2. The van der Waals surface area contributed by atoms with Gasteiger partial charge in [0.15, 0.2) is 5.75 Å². The van der Waals surface area contributed by atoms with E-state index >= 15 is 0 Å². The molecule has 0 amide bonds. The Morgan fingerprint density at radius 2 is 1.67 bits per heavy atom. The van der Waals surface area contributed by atoms with Crippen LogP contribution in [0.25, 0.3) is 0 Å². The summed E-state index contributed by atoms with van der Waals surface area (Å²) >= 11 is 23.5. The van der Waals surface area contributed by atoms with E-state index in [1.807, 2.05) is 6.92 Å². The van der Waals surface area contributed by atoms with Gasteiger partial charge in [-0.3, -0.25) is 0 Å². The van der Waals surface area contributed by atoms with E-state index in [1.54, 1.807) is 12.1 Å². The number of rotatable bonds is 12. The first kappa shape index (κ1) is 24.2. The number of halogens is 4. The lowest BCUT2D eigenvalue weighted by Gasteiger charge is -2.12. The van der Waals surface area contributed by atoms with Gasteiger partial charge >= 0.3 is 0 Å². The van der Waals surface area contributed by atoms with Crippen molar-refractivity contribution in [1.82, 2.24) is 0 Å². The highest BCUT2D eigenvalue weighted by atomic mass is 35.5. The molecule has 0 radical (unpaired) electrons. The molecule has 1 rings (SSSR count). The Labute approximate surface area is 181 Å². The van der Waals surface area contributed by atoms with Crippen LogP contribution in [0, 0.1) is 5.92 Å². The van der Waals surface area contributed by atoms with Crippen molar-refractivity contribution in [3.05, 3.63) is 32.7 Å². The lowest BCUT2D eigenvalue weighted by atomic mass is 10.1. The van der Waals surface area contributed by atoms with E-state index in [0.717, 1.165) is 25.0 Å². The molecule has 0 aliphatic rings. The molecular weight excluding hydrogens is 432 g/mol. The maximum Gasteiger partial charge on any atom is 0.156 e. The second-order valence-corrected chi connectivity index (χ2v) is 7.97. The monoisotopic (exact) mass is 455 g/mol. The molecule has 1 aromatic rings. The molecule has 0 N–H and O–H groups in total. The highest BCUT2D eigenvalue weighted by molar-refractivity contribution is 6.55. The summed E-state index contributed by atoms with van der Waals surface area (Å²) in [5.74, 6) is 1.36. The third kappa shape index (κ3) is 10.3. The van der Waals surface area contributed by atoms with Gasteiger partial charge in [0.05, 0.1) is 22.4 Å². The van der Waals surface area contributed by atoms with Crippen molar-refractivity contribution in [3.8, 4) is 11.5 Å². The minimum Gasteiger partial charge on any atom is -0.490 e. The Morgan fingerprint density at radius 1 is 1.04 bits per heavy atom. The van der Waals surface area contributed by atoms with Crippen molar-refractivity contribution >= 4 is 52.1 Å². The van der Waals surface area contributed by atoms with Crippen molar-refractivity contribution in [2.45, 2.75) is 40.0 Å². The Balaban J connectivity index is 2.32. The summed E-state index contributed by atoms with van der Waals surface area (Å²) in [7, 11) is 0. The summed E-state index contributed by atoms with van der Waals surface area (Å²) in [4.78, 5) is 5.29. The second-order valence-electron chi connectivity index (χ2n) is 6.15. The highest BCUT2D eigenvalue weighted by Gasteiger charge is 2.10. The molecule has 0 unspecified atom stereocenters. The molecule has 152 valence electrons. The topological polar surface area (TPSA) is 40.0 Å². The highest BCUT2D eigenvalue weighted by Crippen LogP contribution is 2.37. The van der Waals surface area contributed by atoms with E-state index in [9.17, 15) is 0 Å². The maximum absolute atomic E-state index is 6.22. The van der Waals surface area contributed by atoms with Crippen LogP contribution in [0.4, 0.5) is 0 Å². The third-order valence-electron chi connectivity index (χ3n) is 3.63. The molecule has 0 saturated heterocycles. The molecule has 0 fully saturated rings. The quantitative estimate of drug-likeness (QED) is 0.188. The number of oxime groups is 1. The summed E-state index contributed by atoms with van der Waals surface area (Å²) < 4.78 is 11.3. The van der Waals surface area contributed by atoms with Gasteiger partial charge in [-0.25, -0.2) is 0 Å². The zero-order valence-electron chi connectivity index (χ0n) is 15.7. The van der Waals surface area contributed by atoms with Crippen LogP contribution in [0.1, 0.15) is 40.0 Å². The van der Waals surface area contributed by atoms with Crippen LogP contribution in [0.3, 0.4) is 0 Å². The van der Waals surface area contributed by atoms with E-state index in [0.29, 0.717) is 40.7 Å². The Morgan fingerprint density at radius 3 is 2.26 bits per heavy atom. The van der Waals surface area contributed by atoms with Gasteiger partial charge in [-0.15, -0.1) is 0 Å². The van der Waals surface area contributed by atoms with Crippen molar-refractivity contribution < 1.29 is 14.3 Å². The largest absolute Gasteiger partial charge is 0.490 e. The zero-order chi connectivity index (χ0) is 20.2. The molecule has 8 heteroatoms. The van der Waals surface area contributed by atoms with E-state index < -0.39 is 0 Å². The predicted octanol–water partition coefficient (Wildman–Crippen LogP) is 7.29. The van der Waals surface area contributed by atoms with Crippen LogP contribution in [0.2, 0.25) is 10.0 Å². The molecule has 0 aliphatic heterocycles. The first-order chi connectivity index (χ1) is 12.8. The lowest BCUT2D eigenvalue weighted by Crippen LogP contribution is -2.03. The number of hydrogen-bond acceptors (Lipinski definition) is 4. The predicted molar refractivity (Wildman–Crippen MR) is 115 cm³/mol. The van der Waals surface area contributed by atoms with Crippen molar-refractivity contribution in [2.24, 2.45) is 11.1 Å². The van der Waals surface area contributed by atoms with Crippen LogP contribution in [-0.2, 0) is 4.84 Å². The van der Waals surface area contributed by atoms with Gasteiger partial charge in [0.1, 0.15) is 23.5 Å². The average Bonchev–Trinajstić information content (AvgIpc) is 2.58. The van der Waals surface area contributed by atoms with Crippen LogP contribution in [0.15, 0.2) is 27.9 Å². The summed E-state index contributed by atoms with van der Waals surface area (Å²) in [5.41, 5.74) is 0.997. The molecule has 0 heterocycles. The number of nitrogens with zero attached hydrogens (tertiary/aromatic N) is 1. The van der Waals surface area contributed by atoms with E-state index in [4.69, 9.17) is 60.7 Å². The van der Waals surface area contributed by atoms with Gasteiger partial charge in [-0.05, 0) is 38.2 Å². The molecule has 0 aliphatic carbocycles. The van der Waals surface area contributed by atoms with Crippen LogP contribution in [0.5, 0.6) is 11.5 Å². The lowest BCUT2D eigenvalue weighted by molar-refractivity contribution is 0.137. The van der Waals surface area contributed by atoms with Gasteiger partial charge in [-0.1, -0.05) is 65.4 Å². The summed E-state index contributed by atoms with van der Waals surface area (Å²) in [6, 6.07) is 3.28. The smallest absolute Gasteiger partial charge is 0.156 e. The standard InChI is InChI=1S/C19H25Cl4NO3/c1-13(2)14(3)24-27-9-6-4-5-8-26-19-16(20)11-15(12-17(19)21)25-10-7-18(22)23/h7,11-13H,4-6,8-10H2,1-3H3/b24-14+. The molecule has 1 aromatic carbocycles. The van der Waals surface area contributed by atoms with E-state index in [2.05, 4.69) is 19.0 Å².